The number of amides is 1. The SMILES string of the molecule is Cc1ccc(CC(=O)NCCC(N)=S)cc1C. The number of thiocarbonyl (C=S) groups is 1. The number of rotatable bonds is 5. The van der Waals surface area contributed by atoms with Gasteiger partial charge in [-0.15, -0.1) is 0 Å². The Labute approximate surface area is 107 Å². The number of nitrogens with two attached hydrogens (primary N) is 1. The summed E-state index contributed by atoms with van der Waals surface area (Å²) in [6.45, 7) is 4.62. The largest absolute Gasteiger partial charge is 0.393 e. The number of nitrogens with one attached hydrogen (secondary N) is 1. The molecule has 0 atom stereocenters. The normalized spacial score (nSPS) is 10.0. The maximum Gasteiger partial charge on any atom is 0.224 e. The molecule has 1 aromatic rings. The maximum absolute atomic E-state index is 11.6. The highest BCUT2D eigenvalue weighted by Gasteiger charge is 2.04. The smallest absolute Gasteiger partial charge is 0.224 e. The Morgan fingerprint density at radius 3 is 2.65 bits per heavy atom. The molecule has 0 heterocycles. The molecule has 1 amide bonds. The molecule has 0 unspecified atom stereocenters. The summed E-state index contributed by atoms with van der Waals surface area (Å²) in [6, 6.07) is 6.06. The van der Waals surface area contributed by atoms with Crippen LogP contribution >= 0.6 is 12.2 Å². The minimum Gasteiger partial charge on any atom is -0.393 e. The molecule has 0 bridgehead atoms. The van der Waals surface area contributed by atoms with E-state index in [4.69, 9.17) is 18.0 Å². The van der Waals surface area contributed by atoms with Crippen LogP contribution in [0.5, 0.6) is 0 Å². The highest BCUT2D eigenvalue weighted by molar-refractivity contribution is 7.80. The molecule has 0 aliphatic carbocycles. The zero-order valence-electron chi connectivity index (χ0n) is 10.2. The van der Waals surface area contributed by atoms with Crippen molar-refractivity contribution in [2.24, 2.45) is 5.73 Å². The van der Waals surface area contributed by atoms with E-state index in [9.17, 15) is 4.79 Å². The summed E-state index contributed by atoms with van der Waals surface area (Å²) in [6.07, 6.45) is 0.951. The second kappa shape index (κ2) is 6.35. The lowest BCUT2D eigenvalue weighted by Gasteiger charge is -2.06. The van der Waals surface area contributed by atoms with E-state index in [-0.39, 0.29) is 5.91 Å². The Morgan fingerprint density at radius 1 is 1.35 bits per heavy atom. The molecular weight excluding hydrogens is 232 g/mol. The van der Waals surface area contributed by atoms with Crippen molar-refractivity contribution in [3.8, 4) is 0 Å². The van der Waals surface area contributed by atoms with E-state index in [0.29, 0.717) is 24.4 Å². The van der Waals surface area contributed by atoms with Crippen LogP contribution in [-0.4, -0.2) is 17.4 Å². The van der Waals surface area contributed by atoms with Crippen LogP contribution in [0.1, 0.15) is 23.1 Å². The van der Waals surface area contributed by atoms with Gasteiger partial charge in [-0.25, -0.2) is 0 Å². The van der Waals surface area contributed by atoms with Crippen LogP contribution in [0.3, 0.4) is 0 Å². The molecule has 0 spiro atoms. The fraction of sp³-hybridized carbons (Fsp3) is 0.385. The minimum atomic E-state index is 0.00417. The van der Waals surface area contributed by atoms with E-state index in [0.717, 1.165) is 5.56 Å². The van der Waals surface area contributed by atoms with Gasteiger partial charge in [0, 0.05) is 13.0 Å². The van der Waals surface area contributed by atoms with Gasteiger partial charge in [0.25, 0.3) is 0 Å². The van der Waals surface area contributed by atoms with Crippen LogP contribution in [-0.2, 0) is 11.2 Å². The molecule has 0 saturated carbocycles. The van der Waals surface area contributed by atoms with Crippen molar-refractivity contribution in [2.45, 2.75) is 26.7 Å². The first-order valence-electron chi connectivity index (χ1n) is 5.60. The standard InChI is InChI=1S/C13H18N2OS/c1-9-3-4-11(7-10(9)2)8-13(16)15-6-5-12(14)17/h3-4,7H,5-6,8H2,1-2H3,(H2,14,17)(H,15,16). The van der Waals surface area contributed by atoms with Gasteiger partial charge in [0.15, 0.2) is 0 Å². The number of benzene rings is 1. The Kier molecular flexibility index (Phi) is 5.10. The second-order valence-corrected chi connectivity index (χ2v) is 4.69. The fourth-order valence-electron chi connectivity index (χ4n) is 1.49. The number of aryl methyl sites for hydroxylation is 2. The molecule has 17 heavy (non-hydrogen) atoms. The first kappa shape index (κ1) is 13.6. The summed E-state index contributed by atoms with van der Waals surface area (Å²) in [5, 5.41) is 2.79. The third-order valence-electron chi connectivity index (χ3n) is 2.63. The van der Waals surface area contributed by atoms with Gasteiger partial charge in [0.1, 0.15) is 0 Å². The van der Waals surface area contributed by atoms with Crippen LogP contribution in [0.15, 0.2) is 18.2 Å². The predicted octanol–water partition coefficient (Wildman–Crippen LogP) is 1.64. The van der Waals surface area contributed by atoms with E-state index in [2.05, 4.69) is 12.2 Å². The topological polar surface area (TPSA) is 55.1 Å². The zero-order chi connectivity index (χ0) is 12.8. The summed E-state index contributed by atoms with van der Waals surface area (Å²) >= 11 is 4.74. The summed E-state index contributed by atoms with van der Waals surface area (Å²) in [5.41, 5.74) is 8.82. The Balaban J connectivity index is 2.45. The Bertz CT molecular complexity index is 429. The van der Waals surface area contributed by atoms with E-state index in [1.165, 1.54) is 11.1 Å². The van der Waals surface area contributed by atoms with Crippen LogP contribution in [0.25, 0.3) is 0 Å². The summed E-state index contributed by atoms with van der Waals surface area (Å²) < 4.78 is 0. The van der Waals surface area contributed by atoms with E-state index >= 15 is 0 Å². The van der Waals surface area contributed by atoms with Gasteiger partial charge in [-0.3, -0.25) is 4.79 Å². The number of carbonyl (C=O) groups is 1. The molecule has 92 valence electrons. The van der Waals surface area contributed by atoms with Gasteiger partial charge in [0.05, 0.1) is 11.4 Å². The monoisotopic (exact) mass is 250 g/mol. The van der Waals surface area contributed by atoms with Crippen molar-refractivity contribution in [1.29, 1.82) is 0 Å². The van der Waals surface area contributed by atoms with Gasteiger partial charge in [-0.1, -0.05) is 30.4 Å². The van der Waals surface area contributed by atoms with E-state index in [1.807, 2.05) is 25.1 Å². The lowest BCUT2D eigenvalue weighted by Crippen LogP contribution is -2.28. The lowest BCUT2D eigenvalue weighted by atomic mass is 10.0. The second-order valence-electron chi connectivity index (χ2n) is 4.16. The van der Waals surface area contributed by atoms with Crippen molar-refractivity contribution in [3.63, 3.8) is 0 Å². The van der Waals surface area contributed by atoms with Crippen molar-refractivity contribution in [1.82, 2.24) is 5.32 Å². The molecule has 0 fully saturated rings. The van der Waals surface area contributed by atoms with Crippen molar-refractivity contribution >= 4 is 23.1 Å². The van der Waals surface area contributed by atoms with Crippen LogP contribution in [0.2, 0.25) is 0 Å². The average Bonchev–Trinajstić information content (AvgIpc) is 2.23. The first-order chi connectivity index (χ1) is 7.99. The van der Waals surface area contributed by atoms with Gasteiger partial charge in [-0.2, -0.15) is 0 Å². The molecule has 4 heteroatoms. The van der Waals surface area contributed by atoms with Crippen molar-refractivity contribution in [3.05, 3.63) is 34.9 Å². The van der Waals surface area contributed by atoms with Gasteiger partial charge < -0.3 is 11.1 Å². The quantitative estimate of drug-likeness (QED) is 0.781. The molecular formula is C13H18N2OS. The zero-order valence-corrected chi connectivity index (χ0v) is 11.1. The third-order valence-corrected chi connectivity index (χ3v) is 2.83. The van der Waals surface area contributed by atoms with Crippen molar-refractivity contribution < 1.29 is 4.79 Å². The lowest BCUT2D eigenvalue weighted by molar-refractivity contribution is -0.120. The molecule has 0 aliphatic rings. The molecule has 0 radical (unpaired) electrons. The number of hydrogen-bond acceptors (Lipinski definition) is 2. The Morgan fingerprint density at radius 2 is 2.06 bits per heavy atom. The van der Waals surface area contributed by atoms with Gasteiger partial charge in [0.2, 0.25) is 5.91 Å². The molecule has 0 aromatic heterocycles. The third kappa shape index (κ3) is 4.95. The summed E-state index contributed by atoms with van der Waals surface area (Å²) in [7, 11) is 0. The summed E-state index contributed by atoms with van der Waals surface area (Å²) in [5.74, 6) is 0.00417. The average molecular weight is 250 g/mol. The molecule has 1 rings (SSSR count). The first-order valence-corrected chi connectivity index (χ1v) is 6.01. The molecule has 3 nitrogen and oxygen atoms in total. The van der Waals surface area contributed by atoms with E-state index < -0.39 is 0 Å². The van der Waals surface area contributed by atoms with Crippen LogP contribution in [0, 0.1) is 13.8 Å². The highest BCUT2D eigenvalue weighted by atomic mass is 32.1. The molecule has 3 N–H and O–H groups in total. The van der Waals surface area contributed by atoms with Gasteiger partial charge in [-0.05, 0) is 30.5 Å². The minimum absolute atomic E-state index is 0.00417. The van der Waals surface area contributed by atoms with E-state index in [1.54, 1.807) is 0 Å². The predicted molar refractivity (Wildman–Crippen MR) is 74.0 cm³/mol. The van der Waals surface area contributed by atoms with Crippen LogP contribution in [0.4, 0.5) is 0 Å². The Hall–Kier alpha value is -1.42. The fourth-order valence-corrected chi connectivity index (χ4v) is 1.59. The maximum atomic E-state index is 11.6. The molecule has 0 saturated heterocycles. The number of carbonyl (C=O) groups excluding carboxylic acids is 1. The highest BCUT2D eigenvalue weighted by Crippen LogP contribution is 2.10. The summed E-state index contributed by atoms with van der Waals surface area (Å²) in [4.78, 5) is 12.0. The van der Waals surface area contributed by atoms with Crippen LogP contribution < -0.4 is 11.1 Å². The molecule has 1 aromatic carbocycles. The van der Waals surface area contributed by atoms with Gasteiger partial charge >= 0.3 is 0 Å². The number of hydrogen-bond donors (Lipinski definition) is 2. The molecule has 0 aliphatic heterocycles. The van der Waals surface area contributed by atoms with Crippen molar-refractivity contribution in [2.75, 3.05) is 6.54 Å².